The van der Waals surface area contributed by atoms with Crippen LogP contribution in [-0.4, -0.2) is 16.8 Å². The number of carbonyl (C=O) groups is 2. The van der Waals surface area contributed by atoms with Gasteiger partial charge in [0.05, 0.1) is 9.89 Å². The van der Waals surface area contributed by atoms with Crippen molar-refractivity contribution in [2.24, 2.45) is 5.41 Å². The van der Waals surface area contributed by atoms with E-state index in [1.165, 1.54) is 4.90 Å². The van der Waals surface area contributed by atoms with Crippen LogP contribution in [0, 0.1) is 5.41 Å². The van der Waals surface area contributed by atoms with E-state index in [1.807, 2.05) is 0 Å². The number of imide groups is 1. The largest absolute Gasteiger partial charge is 0.274 e. The Labute approximate surface area is 126 Å². The summed E-state index contributed by atoms with van der Waals surface area (Å²) in [5.74, 6) is 0.267. The minimum atomic E-state index is -0.468. The number of hydrogen-bond donors (Lipinski definition) is 0. The molecule has 0 bridgehead atoms. The first kappa shape index (κ1) is 13.7. The Morgan fingerprint density at radius 1 is 1.15 bits per heavy atom. The third-order valence-corrected chi connectivity index (χ3v) is 5.03. The molecular weight excluding hydrogens is 320 g/mol. The highest BCUT2D eigenvalue weighted by molar-refractivity contribution is 9.10. The van der Waals surface area contributed by atoms with E-state index in [9.17, 15) is 9.59 Å². The molecule has 1 saturated heterocycles. The monoisotopic (exact) mass is 336 g/mol. The van der Waals surface area contributed by atoms with Gasteiger partial charge >= 0.3 is 0 Å². The van der Waals surface area contributed by atoms with Crippen LogP contribution in [-0.2, 0) is 9.59 Å². The lowest BCUT2D eigenvalue weighted by atomic mass is 9.79. The van der Waals surface area contributed by atoms with Gasteiger partial charge < -0.3 is 0 Å². The summed E-state index contributed by atoms with van der Waals surface area (Å²) in [5.41, 5.74) is -0.468. The first-order valence-electron chi connectivity index (χ1n) is 7.12. The average molecular weight is 337 g/mol. The molecule has 2 heterocycles. The van der Waals surface area contributed by atoms with Crippen molar-refractivity contribution in [3.8, 4) is 0 Å². The Balaban J connectivity index is 1.96. The molecule has 1 spiro atoms. The normalized spacial score (nSPS) is 22.4. The quantitative estimate of drug-likeness (QED) is 0.738. The fourth-order valence-electron chi connectivity index (χ4n) is 3.35. The van der Waals surface area contributed by atoms with Gasteiger partial charge in [-0.05, 0) is 40.9 Å². The minimum Gasteiger partial charge on any atom is -0.274 e. The van der Waals surface area contributed by atoms with Gasteiger partial charge in [0.2, 0.25) is 11.8 Å². The third-order valence-electron chi connectivity index (χ3n) is 4.41. The lowest BCUT2D eigenvalue weighted by Crippen LogP contribution is -2.36. The summed E-state index contributed by atoms with van der Waals surface area (Å²) in [6, 6.07) is 3.58. The number of hydrogen-bond acceptors (Lipinski definition) is 3. The number of carbonyl (C=O) groups excluding carboxylic acids is 2. The van der Waals surface area contributed by atoms with Crippen LogP contribution >= 0.6 is 15.9 Å². The molecule has 0 unspecified atom stereocenters. The van der Waals surface area contributed by atoms with Crippen molar-refractivity contribution in [3.05, 3.63) is 22.8 Å². The van der Waals surface area contributed by atoms with E-state index in [0.717, 1.165) is 38.5 Å². The predicted molar refractivity (Wildman–Crippen MR) is 79.2 cm³/mol. The molecular formula is C15H17BrN2O2. The summed E-state index contributed by atoms with van der Waals surface area (Å²) in [4.78, 5) is 30.7. The van der Waals surface area contributed by atoms with Crippen LogP contribution in [0.1, 0.15) is 44.9 Å². The molecule has 3 rings (SSSR count). The SMILES string of the molecule is O=C1CC2(CCCCCC2)C(=O)N1c1ncccc1Br. The predicted octanol–water partition coefficient (Wildman–Crippen LogP) is 3.45. The average Bonchev–Trinajstić information content (AvgIpc) is 2.60. The molecule has 2 fully saturated rings. The van der Waals surface area contributed by atoms with Crippen LogP contribution in [0.3, 0.4) is 0 Å². The standard InChI is InChI=1S/C15H17BrN2O2/c16-11-6-5-9-17-13(11)18-12(19)10-15(14(18)20)7-3-1-2-4-8-15/h5-6,9H,1-4,7-8,10H2. The maximum atomic E-state index is 12.8. The highest BCUT2D eigenvalue weighted by Crippen LogP contribution is 2.46. The van der Waals surface area contributed by atoms with E-state index in [2.05, 4.69) is 20.9 Å². The van der Waals surface area contributed by atoms with Crippen LogP contribution in [0.4, 0.5) is 5.82 Å². The molecule has 0 radical (unpaired) electrons. The van der Waals surface area contributed by atoms with Gasteiger partial charge in [-0.3, -0.25) is 9.59 Å². The van der Waals surface area contributed by atoms with E-state index in [0.29, 0.717) is 16.7 Å². The summed E-state index contributed by atoms with van der Waals surface area (Å²) >= 11 is 3.38. The number of anilines is 1. The van der Waals surface area contributed by atoms with Gasteiger partial charge in [-0.25, -0.2) is 9.88 Å². The van der Waals surface area contributed by atoms with Crippen molar-refractivity contribution in [1.29, 1.82) is 0 Å². The number of nitrogens with zero attached hydrogens (tertiary/aromatic N) is 2. The zero-order chi connectivity index (χ0) is 14.2. The van der Waals surface area contributed by atoms with Crippen molar-refractivity contribution >= 4 is 33.6 Å². The fraction of sp³-hybridized carbons (Fsp3) is 0.533. The molecule has 1 aliphatic carbocycles. The fourth-order valence-corrected chi connectivity index (χ4v) is 3.78. The maximum absolute atomic E-state index is 12.8. The van der Waals surface area contributed by atoms with Gasteiger partial charge in [0.25, 0.3) is 0 Å². The molecule has 2 amide bonds. The van der Waals surface area contributed by atoms with Crippen molar-refractivity contribution in [3.63, 3.8) is 0 Å². The van der Waals surface area contributed by atoms with E-state index in [1.54, 1.807) is 18.3 Å². The van der Waals surface area contributed by atoms with Crippen molar-refractivity contribution in [2.75, 3.05) is 4.90 Å². The minimum absolute atomic E-state index is 0.0520. The molecule has 0 aromatic carbocycles. The van der Waals surface area contributed by atoms with E-state index in [-0.39, 0.29) is 11.8 Å². The second-order valence-electron chi connectivity index (χ2n) is 5.71. The molecule has 4 nitrogen and oxygen atoms in total. The van der Waals surface area contributed by atoms with Crippen LogP contribution in [0.2, 0.25) is 0 Å². The van der Waals surface area contributed by atoms with Crippen molar-refractivity contribution in [2.45, 2.75) is 44.9 Å². The second-order valence-corrected chi connectivity index (χ2v) is 6.57. The van der Waals surface area contributed by atoms with Gasteiger partial charge in [-0.2, -0.15) is 0 Å². The number of aromatic nitrogens is 1. The number of pyridine rings is 1. The van der Waals surface area contributed by atoms with Gasteiger partial charge in [-0.1, -0.05) is 25.7 Å². The van der Waals surface area contributed by atoms with Crippen molar-refractivity contribution in [1.82, 2.24) is 4.98 Å². The molecule has 5 heteroatoms. The zero-order valence-electron chi connectivity index (χ0n) is 11.3. The molecule has 0 atom stereocenters. The molecule has 1 saturated carbocycles. The van der Waals surface area contributed by atoms with Crippen molar-refractivity contribution < 1.29 is 9.59 Å². The first-order chi connectivity index (χ1) is 9.64. The number of rotatable bonds is 1. The number of amides is 2. The molecule has 0 N–H and O–H groups in total. The Morgan fingerprint density at radius 2 is 1.85 bits per heavy atom. The lowest BCUT2D eigenvalue weighted by molar-refractivity contribution is -0.126. The smallest absolute Gasteiger partial charge is 0.241 e. The zero-order valence-corrected chi connectivity index (χ0v) is 12.9. The van der Waals surface area contributed by atoms with E-state index in [4.69, 9.17) is 0 Å². The van der Waals surface area contributed by atoms with Crippen LogP contribution in [0.5, 0.6) is 0 Å². The third kappa shape index (κ3) is 2.18. The van der Waals surface area contributed by atoms with Gasteiger partial charge in [-0.15, -0.1) is 0 Å². The topological polar surface area (TPSA) is 50.3 Å². The van der Waals surface area contributed by atoms with E-state index < -0.39 is 5.41 Å². The lowest BCUT2D eigenvalue weighted by Gasteiger charge is -2.24. The summed E-state index contributed by atoms with van der Waals surface area (Å²) in [7, 11) is 0. The summed E-state index contributed by atoms with van der Waals surface area (Å²) in [5, 5.41) is 0. The van der Waals surface area contributed by atoms with Crippen LogP contribution in [0.25, 0.3) is 0 Å². The van der Waals surface area contributed by atoms with E-state index >= 15 is 0 Å². The van der Waals surface area contributed by atoms with Crippen LogP contribution in [0.15, 0.2) is 22.8 Å². The van der Waals surface area contributed by atoms with Gasteiger partial charge in [0.1, 0.15) is 0 Å². The summed E-state index contributed by atoms with van der Waals surface area (Å²) < 4.78 is 0.687. The summed E-state index contributed by atoms with van der Waals surface area (Å²) in [6.07, 6.45) is 8.02. The molecule has 1 aromatic rings. The Morgan fingerprint density at radius 3 is 2.50 bits per heavy atom. The Kier molecular flexibility index (Phi) is 3.63. The molecule has 106 valence electrons. The molecule has 2 aliphatic rings. The highest BCUT2D eigenvalue weighted by Gasteiger charge is 2.52. The Bertz CT molecular complexity index is 551. The second kappa shape index (κ2) is 5.28. The van der Waals surface area contributed by atoms with Gasteiger partial charge in [0, 0.05) is 12.6 Å². The maximum Gasteiger partial charge on any atom is 0.241 e. The molecule has 1 aliphatic heterocycles. The Hall–Kier alpha value is -1.23. The van der Waals surface area contributed by atoms with Gasteiger partial charge in [0.15, 0.2) is 5.82 Å². The first-order valence-corrected chi connectivity index (χ1v) is 7.91. The van der Waals surface area contributed by atoms with Crippen LogP contribution < -0.4 is 4.90 Å². The molecule has 1 aromatic heterocycles. The highest BCUT2D eigenvalue weighted by atomic mass is 79.9. The molecule has 20 heavy (non-hydrogen) atoms. The summed E-state index contributed by atoms with van der Waals surface area (Å²) in [6.45, 7) is 0. The number of halogens is 1.